The Morgan fingerprint density at radius 2 is 1.77 bits per heavy atom. The maximum atomic E-state index is 12.7. The number of aliphatic imine (C=N–C) groups is 1. The van der Waals surface area contributed by atoms with Crippen molar-refractivity contribution in [2.24, 2.45) is 4.99 Å². The lowest BCUT2D eigenvalue weighted by molar-refractivity contribution is 0.431. The van der Waals surface area contributed by atoms with E-state index in [0.717, 1.165) is 5.56 Å². The summed E-state index contributed by atoms with van der Waals surface area (Å²) in [5.74, 6) is 1.01. The summed E-state index contributed by atoms with van der Waals surface area (Å²) in [6, 6.07) is 21.6. The molecule has 0 saturated carbocycles. The summed E-state index contributed by atoms with van der Waals surface area (Å²) in [7, 11) is -1.17. The van der Waals surface area contributed by atoms with Gasteiger partial charge < -0.3 is 9.84 Å². The van der Waals surface area contributed by atoms with Crippen LogP contribution < -0.4 is 10.3 Å². The summed E-state index contributed by atoms with van der Waals surface area (Å²) in [6.07, 6.45) is 4.75. The smallest absolute Gasteiger partial charge is 0.262 e. The van der Waals surface area contributed by atoms with Crippen LogP contribution in [0.5, 0.6) is 17.4 Å². The number of para-hydroxylation sites is 1. The van der Waals surface area contributed by atoms with Crippen LogP contribution in [-0.4, -0.2) is 31.3 Å². The van der Waals surface area contributed by atoms with Gasteiger partial charge in [0.25, 0.3) is 5.56 Å². The van der Waals surface area contributed by atoms with Crippen molar-refractivity contribution in [1.29, 1.82) is 0 Å². The fourth-order valence-corrected chi connectivity index (χ4v) is 4.54. The zero-order valence-electron chi connectivity index (χ0n) is 18.5. The lowest BCUT2D eigenvalue weighted by Crippen LogP contribution is -2.16. The first-order valence-corrected chi connectivity index (χ1v) is 12.5. The third-order valence-electron chi connectivity index (χ3n) is 5.45. The molecule has 5 rings (SSSR count). The molecule has 1 atom stereocenters. The molecule has 9 heteroatoms. The monoisotopic (exact) mass is 501 g/mol. The lowest BCUT2D eigenvalue weighted by Gasteiger charge is -2.13. The Morgan fingerprint density at radius 3 is 2.49 bits per heavy atom. The van der Waals surface area contributed by atoms with E-state index in [1.807, 2.05) is 30.3 Å². The molecule has 1 aliphatic heterocycles. The van der Waals surface area contributed by atoms with Crippen LogP contribution in [0.15, 0.2) is 87.5 Å². The van der Waals surface area contributed by atoms with Gasteiger partial charge in [0.05, 0.1) is 11.4 Å². The Morgan fingerprint density at radius 1 is 1.06 bits per heavy atom. The minimum atomic E-state index is -1.17. The van der Waals surface area contributed by atoms with Gasteiger partial charge in [-0.1, -0.05) is 18.2 Å². The number of rotatable bonds is 5. The topological polar surface area (TPSA) is 96.7 Å². The first kappa shape index (κ1) is 22.7. The number of allylic oxidation sites excluding steroid dienone is 1. The highest BCUT2D eigenvalue weighted by atomic mass is 32.2. The van der Waals surface area contributed by atoms with Crippen LogP contribution in [-0.2, 0) is 10.8 Å². The molecule has 2 heterocycles. The summed E-state index contributed by atoms with van der Waals surface area (Å²) in [4.78, 5) is 20.3. The molecule has 1 aliphatic rings. The summed E-state index contributed by atoms with van der Waals surface area (Å²) in [5, 5.41) is 11.1. The number of hydrogen-bond acceptors (Lipinski definition) is 6. The zero-order valence-corrected chi connectivity index (χ0v) is 20.1. The average Bonchev–Trinajstić information content (AvgIpc) is 3.25. The molecule has 0 radical (unpaired) electrons. The van der Waals surface area contributed by atoms with Crippen LogP contribution in [0.3, 0.4) is 0 Å². The molecule has 0 fully saturated rings. The third-order valence-corrected chi connectivity index (χ3v) is 6.65. The van der Waals surface area contributed by atoms with Gasteiger partial charge in [-0.25, -0.2) is 0 Å². The molecule has 174 valence electrons. The molecule has 1 unspecified atom stereocenters. The number of ether oxygens (including phenoxy) is 1. The second kappa shape index (κ2) is 9.28. The van der Waals surface area contributed by atoms with Crippen LogP contribution in [0.1, 0.15) is 11.1 Å². The molecular weight excluding hydrogens is 482 g/mol. The summed E-state index contributed by atoms with van der Waals surface area (Å²) in [6.45, 7) is 0. The molecule has 3 aromatic carbocycles. The number of benzene rings is 3. The number of aromatic amines is 1. The zero-order chi connectivity index (χ0) is 24.5. The van der Waals surface area contributed by atoms with Crippen molar-refractivity contribution in [2.45, 2.75) is 4.90 Å². The molecular formula is C26H19N3O4S2. The highest BCUT2D eigenvalue weighted by Crippen LogP contribution is 2.35. The molecule has 7 nitrogen and oxygen atoms in total. The van der Waals surface area contributed by atoms with Crippen molar-refractivity contribution >= 4 is 46.6 Å². The second-order valence-corrected chi connectivity index (χ2v) is 9.50. The fraction of sp³-hybridized carbons (Fsp3) is 0.0385. The first-order valence-electron chi connectivity index (χ1n) is 10.6. The molecule has 0 bridgehead atoms. The van der Waals surface area contributed by atoms with E-state index in [1.165, 1.54) is 4.57 Å². The van der Waals surface area contributed by atoms with E-state index in [4.69, 9.17) is 17.0 Å². The molecule has 0 amide bonds. The van der Waals surface area contributed by atoms with Gasteiger partial charge in [0.15, 0.2) is 4.77 Å². The highest BCUT2D eigenvalue weighted by Gasteiger charge is 2.18. The largest absolute Gasteiger partial charge is 0.494 e. The Hall–Kier alpha value is -4.08. The van der Waals surface area contributed by atoms with Crippen molar-refractivity contribution in [3.63, 3.8) is 0 Å². The summed E-state index contributed by atoms with van der Waals surface area (Å²) in [5.41, 5.74) is 2.09. The summed E-state index contributed by atoms with van der Waals surface area (Å²) >= 11 is 5.33. The molecule has 0 spiro atoms. The van der Waals surface area contributed by atoms with Crippen molar-refractivity contribution in [3.8, 4) is 23.1 Å². The number of aromatic nitrogens is 2. The average molecular weight is 502 g/mol. The van der Waals surface area contributed by atoms with E-state index in [9.17, 15) is 14.1 Å². The molecule has 0 saturated heterocycles. The molecule has 35 heavy (non-hydrogen) atoms. The maximum absolute atomic E-state index is 12.7. The fourth-order valence-electron chi connectivity index (χ4n) is 3.71. The number of fused-ring (bicyclic) bond motifs is 1. The van der Waals surface area contributed by atoms with Crippen LogP contribution in [0.2, 0.25) is 0 Å². The van der Waals surface area contributed by atoms with Gasteiger partial charge >= 0.3 is 0 Å². The Balaban J connectivity index is 1.54. The van der Waals surface area contributed by atoms with Gasteiger partial charge in [0, 0.05) is 39.3 Å². The summed E-state index contributed by atoms with van der Waals surface area (Å²) < 4.78 is 19.2. The molecule has 1 aromatic heterocycles. The van der Waals surface area contributed by atoms with E-state index < -0.39 is 16.4 Å². The predicted molar refractivity (Wildman–Crippen MR) is 140 cm³/mol. The Bertz CT molecular complexity index is 1640. The highest BCUT2D eigenvalue weighted by molar-refractivity contribution is 7.84. The first-order chi connectivity index (χ1) is 16.9. The van der Waals surface area contributed by atoms with Gasteiger partial charge in [0.1, 0.15) is 17.1 Å². The van der Waals surface area contributed by atoms with Gasteiger partial charge in [-0.2, -0.15) is 0 Å². The van der Waals surface area contributed by atoms with Gasteiger partial charge in [0.2, 0.25) is 5.88 Å². The van der Waals surface area contributed by atoms with E-state index in [2.05, 4.69) is 9.98 Å². The number of nitrogens with zero attached hydrogens (tertiary/aromatic N) is 2. The van der Waals surface area contributed by atoms with Crippen molar-refractivity contribution < 1.29 is 14.1 Å². The van der Waals surface area contributed by atoms with Gasteiger partial charge in [-0.15, -0.1) is 0 Å². The second-order valence-electron chi connectivity index (χ2n) is 7.73. The number of aromatic hydroxyl groups is 1. The van der Waals surface area contributed by atoms with Crippen molar-refractivity contribution in [2.75, 3.05) is 6.26 Å². The van der Waals surface area contributed by atoms with E-state index >= 15 is 0 Å². The Kier molecular flexibility index (Phi) is 6.02. The van der Waals surface area contributed by atoms with E-state index in [0.29, 0.717) is 33.3 Å². The minimum Gasteiger partial charge on any atom is -0.494 e. The van der Waals surface area contributed by atoms with Crippen LogP contribution in [0.4, 0.5) is 5.69 Å². The standard InChI is InChI=1S/C26H19N3O4S2/c1-35(32)20-11-12-23-21(14-20)16(15-27-23)13-22-24(30)28-26(34)29(25(22)31)17-7-9-19(10-8-17)33-18-5-3-2-4-6-18/h2-15,31H,1H3,(H,28,30,34). The SMILES string of the molecule is CS(=O)c1ccc2c(c1)C(=Cc1c(O)n(-c3ccc(Oc4ccccc4)cc3)c(=S)[nH]c1=O)C=N2. The van der Waals surface area contributed by atoms with Gasteiger partial charge in [-0.05, 0) is 72.9 Å². The minimum absolute atomic E-state index is 0.0283. The Labute approximate surface area is 208 Å². The van der Waals surface area contributed by atoms with Crippen LogP contribution in [0.25, 0.3) is 17.3 Å². The van der Waals surface area contributed by atoms with Crippen LogP contribution in [0, 0.1) is 4.77 Å². The predicted octanol–water partition coefficient (Wildman–Crippen LogP) is 5.39. The normalized spacial score (nSPS) is 14.1. The molecule has 4 aromatic rings. The molecule has 0 aliphatic carbocycles. The van der Waals surface area contributed by atoms with Crippen molar-refractivity contribution in [3.05, 3.63) is 99.0 Å². The molecule has 2 N–H and O–H groups in total. The van der Waals surface area contributed by atoms with E-state index in [-0.39, 0.29) is 16.2 Å². The van der Waals surface area contributed by atoms with Crippen LogP contribution >= 0.6 is 12.2 Å². The quantitative estimate of drug-likeness (QED) is 0.358. The van der Waals surface area contributed by atoms with E-state index in [1.54, 1.807) is 61.0 Å². The number of hydrogen-bond donors (Lipinski definition) is 2. The number of nitrogens with one attached hydrogen (secondary N) is 1. The lowest BCUT2D eigenvalue weighted by atomic mass is 10.1. The maximum Gasteiger partial charge on any atom is 0.262 e. The van der Waals surface area contributed by atoms with Crippen molar-refractivity contribution in [1.82, 2.24) is 9.55 Å². The van der Waals surface area contributed by atoms with Gasteiger partial charge in [-0.3, -0.25) is 23.5 Å². The number of H-pyrrole nitrogens is 1. The third kappa shape index (κ3) is 4.51.